The van der Waals surface area contributed by atoms with Crippen LogP contribution < -0.4 is 16.0 Å². The number of hydrogen-bond acceptors (Lipinski definition) is 3. The fourth-order valence-electron chi connectivity index (χ4n) is 3.29. The van der Waals surface area contributed by atoms with Crippen molar-refractivity contribution in [3.05, 3.63) is 35.9 Å². The second kappa shape index (κ2) is 10.7. The molecule has 0 radical (unpaired) electrons. The van der Waals surface area contributed by atoms with Crippen LogP contribution in [0.4, 0.5) is 13.2 Å². The average molecular weight is 400 g/mol. The smallest absolute Gasteiger partial charge is 0.381 e. The van der Waals surface area contributed by atoms with E-state index in [1.165, 1.54) is 5.56 Å². The summed E-state index contributed by atoms with van der Waals surface area (Å²) in [6.45, 7) is 6.14. The van der Waals surface area contributed by atoms with Crippen LogP contribution in [0.5, 0.6) is 0 Å². The van der Waals surface area contributed by atoms with E-state index in [1.807, 2.05) is 25.1 Å². The van der Waals surface area contributed by atoms with Gasteiger partial charge in [0.25, 0.3) is 0 Å². The van der Waals surface area contributed by atoms with Crippen LogP contribution in [0.25, 0.3) is 0 Å². The highest BCUT2D eigenvalue weighted by atomic mass is 19.4. The molecule has 0 amide bonds. The summed E-state index contributed by atoms with van der Waals surface area (Å²) in [5, 5.41) is 9.51. The van der Waals surface area contributed by atoms with Gasteiger partial charge in [0.1, 0.15) is 0 Å². The van der Waals surface area contributed by atoms with Crippen molar-refractivity contribution in [2.45, 2.75) is 50.9 Å². The maximum absolute atomic E-state index is 12.4. The summed E-state index contributed by atoms with van der Waals surface area (Å²) in [4.78, 5) is 4.58. The topological polar surface area (TPSA) is 57.7 Å². The van der Waals surface area contributed by atoms with Crippen LogP contribution in [-0.2, 0) is 4.74 Å². The largest absolute Gasteiger partial charge is 0.390 e. The molecular formula is C20H31F3N4O. The number of nitrogens with one attached hydrogen (secondary N) is 3. The summed E-state index contributed by atoms with van der Waals surface area (Å²) in [5.74, 6) is 0.409. The highest BCUT2D eigenvalue weighted by Crippen LogP contribution is 2.26. The van der Waals surface area contributed by atoms with Gasteiger partial charge in [-0.15, -0.1) is 0 Å². The van der Waals surface area contributed by atoms with Gasteiger partial charge in [-0.3, -0.25) is 4.99 Å². The third kappa shape index (κ3) is 7.67. The van der Waals surface area contributed by atoms with Crippen LogP contribution in [-0.4, -0.2) is 50.5 Å². The molecule has 0 aromatic heterocycles. The van der Waals surface area contributed by atoms with Crippen molar-refractivity contribution in [2.24, 2.45) is 4.99 Å². The summed E-state index contributed by atoms with van der Waals surface area (Å²) in [5.41, 5.74) is 0.937. The van der Waals surface area contributed by atoms with Crippen molar-refractivity contribution in [1.82, 2.24) is 16.0 Å². The van der Waals surface area contributed by atoms with Crippen LogP contribution >= 0.6 is 0 Å². The molecule has 8 heteroatoms. The molecule has 0 bridgehead atoms. The lowest BCUT2D eigenvalue weighted by Gasteiger charge is -2.39. The number of alkyl halides is 3. The molecule has 28 heavy (non-hydrogen) atoms. The summed E-state index contributed by atoms with van der Waals surface area (Å²) in [6, 6.07) is 10.3. The van der Waals surface area contributed by atoms with Crippen molar-refractivity contribution in [2.75, 3.05) is 32.8 Å². The minimum atomic E-state index is -4.18. The summed E-state index contributed by atoms with van der Waals surface area (Å²) >= 11 is 0. The van der Waals surface area contributed by atoms with E-state index < -0.39 is 12.6 Å². The van der Waals surface area contributed by atoms with E-state index >= 15 is 0 Å². The zero-order valence-electron chi connectivity index (χ0n) is 16.6. The van der Waals surface area contributed by atoms with Crippen LogP contribution in [0.3, 0.4) is 0 Å². The highest BCUT2D eigenvalue weighted by Gasteiger charge is 2.34. The Labute approximate surface area is 165 Å². The highest BCUT2D eigenvalue weighted by molar-refractivity contribution is 5.79. The number of aliphatic imine (C=N–C) groups is 1. The third-order valence-electron chi connectivity index (χ3n) is 4.86. The molecule has 1 heterocycles. The first-order valence-corrected chi connectivity index (χ1v) is 9.83. The molecule has 0 spiro atoms. The van der Waals surface area contributed by atoms with Crippen molar-refractivity contribution in [3.63, 3.8) is 0 Å². The number of halogens is 3. The molecule has 5 nitrogen and oxygen atoms in total. The van der Waals surface area contributed by atoms with Crippen molar-refractivity contribution in [3.8, 4) is 0 Å². The third-order valence-corrected chi connectivity index (χ3v) is 4.86. The van der Waals surface area contributed by atoms with Gasteiger partial charge >= 0.3 is 6.18 Å². The molecule has 1 aromatic carbocycles. The fourth-order valence-corrected chi connectivity index (χ4v) is 3.29. The fraction of sp³-hybridized carbons (Fsp3) is 0.650. The lowest BCUT2D eigenvalue weighted by atomic mass is 9.88. The molecule has 0 aliphatic carbocycles. The number of ether oxygens (including phenoxy) is 1. The van der Waals surface area contributed by atoms with Crippen molar-refractivity contribution in [1.29, 1.82) is 0 Å². The van der Waals surface area contributed by atoms with Gasteiger partial charge < -0.3 is 20.7 Å². The standard InChI is InChI=1S/C20H31F3N4O/c1-3-24-18(25-12-9-20(21,22)23)26-15-19(10-13-28-14-11-19)27-16(2)17-7-5-4-6-8-17/h4-8,16,27H,3,9-15H2,1-2H3,(H2,24,25,26). The predicted molar refractivity (Wildman–Crippen MR) is 105 cm³/mol. The van der Waals surface area contributed by atoms with E-state index in [9.17, 15) is 13.2 Å². The Kier molecular flexibility index (Phi) is 8.57. The van der Waals surface area contributed by atoms with Gasteiger partial charge in [-0.1, -0.05) is 30.3 Å². The molecule has 1 aliphatic heterocycles. The van der Waals surface area contributed by atoms with Crippen LogP contribution in [0, 0.1) is 0 Å². The van der Waals surface area contributed by atoms with Crippen molar-refractivity contribution >= 4 is 5.96 Å². The monoisotopic (exact) mass is 400 g/mol. The minimum Gasteiger partial charge on any atom is -0.381 e. The average Bonchev–Trinajstić information content (AvgIpc) is 2.66. The maximum Gasteiger partial charge on any atom is 0.390 e. The predicted octanol–water partition coefficient (Wildman–Crippen LogP) is 3.39. The molecule has 158 valence electrons. The van der Waals surface area contributed by atoms with Gasteiger partial charge in [0, 0.05) is 37.9 Å². The summed E-state index contributed by atoms with van der Waals surface area (Å²) in [6.07, 6.45) is -3.47. The zero-order chi connectivity index (χ0) is 20.5. The molecule has 1 fully saturated rings. The number of rotatable bonds is 8. The first kappa shape index (κ1) is 22.5. The Morgan fingerprint density at radius 2 is 1.86 bits per heavy atom. The number of nitrogens with zero attached hydrogens (tertiary/aromatic N) is 1. The van der Waals surface area contributed by atoms with Gasteiger partial charge in [0.05, 0.1) is 13.0 Å². The van der Waals surface area contributed by atoms with Gasteiger partial charge in [-0.25, -0.2) is 0 Å². The van der Waals surface area contributed by atoms with E-state index in [0.29, 0.717) is 32.3 Å². The Morgan fingerprint density at radius 1 is 1.18 bits per heavy atom. The molecule has 2 rings (SSSR count). The van der Waals surface area contributed by atoms with E-state index in [-0.39, 0.29) is 18.1 Å². The lowest BCUT2D eigenvalue weighted by molar-refractivity contribution is -0.132. The zero-order valence-corrected chi connectivity index (χ0v) is 16.6. The summed E-state index contributed by atoms with van der Waals surface area (Å²) < 4.78 is 42.8. The molecular weight excluding hydrogens is 369 g/mol. The van der Waals surface area contributed by atoms with Gasteiger partial charge in [-0.05, 0) is 32.3 Å². The molecule has 3 N–H and O–H groups in total. The van der Waals surface area contributed by atoms with Gasteiger partial charge in [0.15, 0.2) is 5.96 Å². The van der Waals surface area contributed by atoms with E-state index in [1.54, 1.807) is 0 Å². The Bertz CT molecular complexity index is 601. The second-order valence-corrected chi connectivity index (χ2v) is 7.16. The molecule has 1 saturated heterocycles. The van der Waals surface area contributed by atoms with Crippen LogP contribution in [0.1, 0.15) is 44.7 Å². The van der Waals surface area contributed by atoms with Crippen LogP contribution in [0.15, 0.2) is 35.3 Å². The molecule has 1 aromatic rings. The van der Waals surface area contributed by atoms with Gasteiger partial charge in [0.2, 0.25) is 0 Å². The Balaban J connectivity index is 2.04. The van der Waals surface area contributed by atoms with E-state index in [2.05, 4.69) is 40.0 Å². The molecule has 1 atom stereocenters. The number of benzene rings is 1. The first-order valence-electron chi connectivity index (χ1n) is 9.83. The normalized spacial score (nSPS) is 18.5. The van der Waals surface area contributed by atoms with E-state index in [0.717, 1.165) is 12.8 Å². The maximum atomic E-state index is 12.4. The molecule has 0 saturated carbocycles. The Hall–Kier alpha value is -1.80. The summed E-state index contributed by atoms with van der Waals surface area (Å²) in [7, 11) is 0. The lowest BCUT2D eigenvalue weighted by Crippen LogP contribution is -2.53. The SMILES string of the molecule is CCNC(=NCC1(NC(C)c2ccccc2)CCOCC1)NCCC(F)(F)F. The van der Waals surface area contributed by atoms with E-state index in [4.69, 9.17) is 4.74 Å². The second-order valence-electron chi connectivity index (χ2n) is 7.16. The number of hydrogen-bond donors (Lipinski definition) is 3. The van der Waals surface area contributed by atoms with Gasteiger partial charge in [-0.2, -0.15) is 13.2 Å². The minimum absolute atomic E-state index is 0.135. The molecule has 1 unspecified atom stereocenters. The molecule has 1 aliphatic rings. The number of guanidine groups is 1. The first-order chi connectivity index (χ1) is 13.3. The Morgan fingerprint density at radius 3 is 2.46 bits per heavy atom. The van der Waals surface area contributed by atoms with Crippen molar-refractivity contribution < 1.29 is 17.9 Å². The van der Waals surface area contributed by atoms with Crippen LogP contribution in [0.2, 0.25) is 0 Å². The quantitative estimate of drug-likeness (QED) is 0.463.